The molecule has 0 fully saturated rings. The zero-order chi connectivity index (χ0) is 42.8. The van der Waals surface area contributed by atoms with Gasteiger partial charge in [-0.1, -0.05) is 49.4 Å². The van der Waals surface area contributed by atoms with E-state index in [4.69, 9.17) is 9.47 Å². The molecule has 2 aromatic rings. The number of hydrogen-bond donors (Lipinski definition) is 7. The lowest BCUT2D eigenvalue weighted by molar-refractivity contribution is -0.130. The number of amides is 5. The van der Waals surface area contributed by atoms with Gasteiger partial charge in [0.15, 0.2) is 0 Å². The smallest absolute Gasteiger partial charge is 0.243 e. The summed E-state index contributed by atoms with van der Waals surface area (Å²) in [5.41, 5.74) is 1.61. The highest BCUT2D eigenvalue weighted by molar-refractivity contribution is 5.93. The summed E-state index contributed by atoms with van der Waals surface area (Å²) in [6.45, 7) is 8.48. The maximum Gasteiger partial charge on any atom is 0.243 e. The summed E-state index contributed by atoms with van der Waals surface area (Å²) in [6.07, 6.45) is 5.99. The van der Waals surface area contributed by atoms with Crippen molar-refractivity contribution >= 4 is 35.3 Å². The molecule has 58 heavy (non-hydrogen) atoms. The molecule has 0 aromatic heterocycles. The van der Waals surface area contributed by atoms with Gasteiger partial charge in [0.1, 0.15) is 17.6 Å². The first-order valence-corrected chi connectivity index (χ1v) is 20.3. The third-order valence-corrected chi connectivity index (χ3v) is 9.61. The second-order valence-electron chi connectivity index (χ2n) is 15.0. The van der Waals surface area contributed by atoms with Crippen molar-refractivity contribution in [3.8, 4) is 5.75 Å². The molecule has 0 aliphatic heterocycles. The molecule has 5 amide bonds. The van der Waals surface area contributed by atoms with Crippen molar-refractivity contribution in [2.45, 2.75) is 109 Å². The number of rotatable bonds is 30. The molecule has 0 radical (unpaired) electrons. The minimum absolute atomic E-state index is 0.0434. The maximum absolute atomic E-state index is 12.8. The van der Waals surface area contributed by atoms with Gasteiger partial charge in [0.05, 0.1) is 38.4 Å². The molecule has 2 aromatic carbocycles. The number of aryl methyl sites for hydroxylation is 1. The molecular formula is C43H67N7O8. The maximum atomic E-state index is 12.8. The number of benzene rings is 2. The van der Waals surface area contributed by atoms with Gasteiger partial charge in [-0.2, -0.15) is 0 Å². The van der Waals surface area contributed by atoms with Crippen LogP contribution < -0.4 is 42.0 Å². The summed E-state index contributed by atoms with van der Waals surface area (Å²) < 4.78 is 11.4. The quantitative estimate of drug-likeness (QED) is 0.0573. The summed E-state index contributed by atoms with van der Waals surface area (Å²) in [7, 11) is 3.33. The average Bonchev–Trinajstić information content (AvgIpc) is 3.20. The molecule has 322 valence electrons. The minimum Gasteiger partial charge on any atom is -0.497 e. The van der Waals surface area contributed by atoms with Gasteiger partial charge in [-0.25, -0.2) is 0 Å². The van der Waals surface area contributed by atoms with E-state index in [1.54, 1.807) is 14.2 Å². The lowest BCUT2D eigenvalue weighted by atomic mass is 10.0. The van der Waals surface area contributed by atoms with Crippen LogP contribution in [0.2, 0.25) is 0 Å². The Bertz CT molecular complexity index is 1560. The number of ketones is 1. The number of carbonyl (C=O) groups is 6. The zero-order valence-electron chi connectivity index (χ0n) is 35.3. The Morgan fingerprint density at radius 2 is 1.40 bits per heavy atom. The number of ether oxygens (including phenoxy) is 2. The van der Waals surface area contributed by atoms with Gasteiger partial charge in [0.2, 0.25) is 29.5 Å². The first-order chi connectivity index (χ1) is 27.7. The zero-order valence-corrected chi connectivity index (χ0v) is 35.3. The highest BCUT2D eigenvalue weighted by atomic mass is 16.5. The Morgan fingerprint density at radius 1 is 0.724 bits per heavy atom. The van der Waals surface area contributed by atoms with Gasteiger partial charge in [-0.15, -0.1) is 0 Å². The van der Waals surface area contributed by atoms with Gasteiger partial charge >= 0.3 is 0 Å². The van der Waals surface area contributed by atoms with Crippen LogP contribution in [0.4, 0.5) is 0 Å². The molecule has 0 aliphatic rings. The van der Waals surface area contributed by atoms with Crippen molar-refractivity contribution in [2.24, 2.45) is 0 Å². The Morgan fingerprint density at radius 3 is 2.05 bits per heavy atom. The van der Waals surface area contributed by atoms with Gasteiger partial charge in [0, 0.05) is 32.0 Å². The second-order valence-corrected chi connectivity index (χ2v) is 15.0. The van der Waals surface area contributed by atoms with Crippen LogP contribution in [0.3, 0.4) is 0 Å². The molecule has 3 atom stereocenters. The number of likely N-dealkylation sites (N-methyl/N-ethyl adjacent to an activating group) is 1. The van der Waals surface area contributed by atoms with Crippen LogP contribution in [0.15, 0.2) is 54.6 Å². The van der Waals surface area contributed by atoms with Crippen molar-refractivity contribution in [3.05, 3.63) is 65.7 Å². The Balaban J connectivity index is 1.62. The van der Waals surface area contributed by atoms with Gasteiger partial charge in [-0.05, 0) is 103 Å². The number of hydrogen-bond acceptors (Lipinski definition) is 10. The summed E-state index contributed by atoms with van der Waals surface area (Å²) in [5.74, 6) is -1.35. The normalized spacial score (nSPS) is 12.7. The standard InChI is InChI=1S/C43H67N7O8/c1-7-34(22-26-58-43(3,4)23-25-46-38(52)17-11-15-32-18-20-35(57-6)21-19-32)45-24-12-16-36(44-5)41(55)49-29-39(53)47-30-40(54)50-37(42(56)48-28-31(2)51)27-33-13-9-8-10-14-33/h8-10,13-14,18-21,34,36-37,44-45H,7,11-12,15-17,22-30H2,1-6H3,(H,46,52)(H,47,53)(H,48,56)(H,49,55)(H,50,54). The van der Waals surface area contributed by atoms with Crippen LogP contribution in [-0.4, -0.2) is 113 Å². The summed E-state index contributed by atoms with van der Waals surface area (Å²) in [5, 5.41) is 19.8. The molecule has 0 spiro atoms. The van der Waals surface area contributed by atoms with Crippen LogP contribution in [0.5, 0.6) is 5.75 Å². The van der Waals surface area contributed by atoms with Crippen LogP contribution in [-0.2, 0) is 46.3 Å². The predicted molar refractivity (Wildman–Crippen MR) is 224 cm³/mol. The van der Waals surface area contributed by atoms with E-state index < -0.39 is 36.3 Å². The van der Waals surface area contributed by atoms with Crippen LogP contribution in [0, 0.1) is 0 Å². The molecule has 0 aliphatic carbocycles. The number of Topliss-reactive ketones (excluding diaryl/α,β-unsaturated/α-hetero) is 1. The van der Waals surface area contributed by atoms with E-state index in [9.17, 15) is 28.8 Å². The minimum atomic E-state index is -0.949. The van der Waals surface area contributed by atoms with Gasteiger partial charge < -0.3 is 46.7 Å². The predicted octanol–water partition coefficient (Wildman–Crippen LogP) is 2.11. The summed E-state index contributed by atoms with van der Waals surface area (Å²) in [6, 6.07) is 15.8. The van der Waals surface area contributed by atoms with Crippen molar-refractivity contribution < 1.29 is 38.2 Å². The van der Waals surface area contributed by atoms with Crippen LogP contribution in [0.25, 0.3) is 0 Å². The fraction of sp³-hybridized carbons (Fsp3) is 0.581. The van der Waals surface area contributed by atoms with E-state index in [2.05, 4.69) is 44.1 Å². The molecule has 2 rings (SSSR count). The Labute approximate surface area is 344 Å². The van der Waals surface area contributed by atoms with Crippen LogP contribution >= 0.6 is 0 Å². The number of carbonyl (C=O) groups excluding carboxylic acids is 6. The molecule has 15 heteroatoms. The Kier molecular flexibility index (Phi) is 23.6. The average molecular weight is 810 g/mol. The highest BCUT2D eigenvalue weighted by Crippen LogP contribution is 2.16. The first kappa shape index (κ1) is 49.3. The van der Waals surface area contributed by atoms with Crippen molar-refractivity contribution in [1.82, 2.24) is 37.2 Å². The largest absolute Gasteiger partial charge is 0.497 e. The van der Waals surface area contributed by atoms with E-state index in [0.29, 0.717) is 39.0 Å². The molecule has 0 heterocycles. The van der Waals surface area contributed by atoms with E-state index in [1.807, 2.05) is 68.4 Å². The van der Waals surface area contributed by atoms with E-state index >= 15 is 0 Å². The van der Waals surface area contributed by atoms with Gasteiger partial charge in [0.25, 0.3) is 0 Å². The van der Waals surface area contributed by atoms with Crippen molar-refractivity contribution in [1.29, 1.82) is 0 Å². The summed E-state index contributed by atoms with van der Waals surface area (Å²) >= 11 is 0. The second kappa shape index (κ2) is 27.7. The van der Waals surface area contributed by atoms with E-state index in [-0.39, 0.29) is 48.8 Å². The topological polar surface area (TPSA) is 205 Å². The number of nitrogens with one attached hydrogen (secondary N) is 7. The first-order valence-electron chi connectivity index (χ1n) is 20.3. The third-order valence-electron chi connectivity index (χ3n) is 9.61. The molecule has 15 nitrogen and oxygen atoms in total. The molecule has 0 bridgehead atoms. The molecule has 7 N–H and O–H groups in total. The Hall–Kier alpha value is -4.86. The summed E-state index contributed by atoms with van der Waals surface area (Å²) in [4.78, 5) is 74.3. The van der Waals surface area contributed by atoms with E-state index in [0.717, 1.165) is 43.4 Å². The fourth-order valence-electron chi connectivity index (χ4n) is 6.03. The molecule has 0 saturated carbocycles. The molecule has 3 unspecified atom stereocenters. The molecular weight excluding hydrogens is 743 g/mol. The van der Waals surface area contributed by atoms with E-state index in [1.165, 1.54) is 12.5 Å². The third kappa shape index (κ3) is 21.6. The monoisotopic (exact) mass is 810 g/mol. The van der Waals surface area contributed by atoms with Crippen molar-refractivity contribution in [3.63, 3.8) is 0 Å². The lowest BCUT2D eigenvalue weighted by Crippen LogP contribution is -2.52. The van der Waals surface area contributed by atoms with Crippen molar-refractivity contribution in [2.75, 3.05) is 53.5 Å². The molecule has 0 saturated heterocycles. The number of methoxy groups -OCH3 is 1. The van der Waals surface area contributed by atoms with Crippen LogP contribution in [0.1, 0.15) is 83.8 Å². The van der Waals surface area contributed by atoms with Gasteiger partial charge in [-0.3, -0.25) is 28.8 Å². The SMILES string of the molecule is CCC(CCOC(C)(C)CCNC(=O)CCCc1ccc(OC)cc1)NCCCC(NC)C(=O)NCC(=O)NCC(=O)NC(Cc1ccccc1)C(=O)NCC(C)=O. The fourth-order valence-corrected chi connectivity index (χ4v) is 6.03. The highest BCUT2D eigenvalue weighted by Gasteiger charge is 2.23. The lowest BCUT2D eigenvalue weighted by Gasteiger charge is -2.27.